The zero-order valence-corrected chi connectivity index (χ0v) is 19.1. The minimum Gasteiger partial charge on any atom is -0.489 e. The molecule has 0 spiro atoms. The van der Waals surface area contributed by atoms with E-state index in [0.717, 1.165) is 16.9 Å². The number of carbonyl (C=O) groups is 2. The van der Waals surface area contributed by atoms with Gasteiger partial charge in [0.15, 0.2) is 5.17 Å². The molecule has 0 saturated carbocycles. The van der Waals surface area contributed by atoms with Crippen LogP contribution < -0.4 is 4.74 Å². The summed E-state index contributed by atoms with van der Waals surface area (Å²) in [6.45, 7) is 0.435. The van der Waals surface area contributed by atoms with E-state index in [1.54, 1.807) is 19.2 Å². The van der Waals surface area contributed by atoms with Gasteiger partial charge in [0, 0.05) is 12.1 Å². The number of benzene rings is 3. The predicted molar refractivity (Wildman–Crippen MR) is 131 cm³/mol. The van der Waals surface area contributed by atoms with Crippen LogP contribution in [0.5, 0.6) is 5.75 Å². The number of ether oxygens (including phenoxy) is 1. The summed E-state index contributed by atoms with van der Waals surface area (Å²) in [6.07, 6.45) is 1.81. The molecule has 3 aromatic carbocycles. The Labute approximate surface area is 200 Å². The van der Waals surface area contributed by atoms with Crippen LogP contribution in [-0.2, 0) is 11.4 Å². The van der Waals surface area contributed by atoms with Crippen molar-refractivity contribution in [3.8, 4) is 5.75 Å². The summed E-state index contributed by atoms with van der Waals surface area (Å²) in [5.74, 6) is -0.422. The van der Waals surface area contributed by atoms with Gasteiger partial charge in [0.05, 0.1) is 16.2 Å². The summed E-state index contributed by atoms with van der Waals surface area (Å²) in [6, 6.07) is 21.2. The van der Waals surface area contributed by atoms with Crippen molar-refractivity contribution in [1.82, 2.24) is 4.90 Å². The van der Waals surface area contributed by atoms with Crippen LogP contribution in [0.1, 0.15) is 21.5 Å². The first-order chi connectivity index (χ1) is 15.9. The molecule has 1 amide bonds. The average molecular weight is 479 g/mol. The Balaban J connectivity index is 1.43. The van der Waals surface area contributed by atoms with E-state index in [2.05, 4.69) is 4.99 Å². The minimum absolute atomic E-state index is 0.149. The van der Waals surface area contributed by atoms with Crippen molar-refractivity contribution in [2.45, 2.75) is 6.61 Å². The lowest BCUT2D eigenvalue weighted by molar-refractivity contribution is -0.121. The van der Waals surface area contributed by atoms with Crippen LogP contribution in [0.4, 0.5) is 5.69 Å². The molecule has 8 heteroatoms. The monoisotopic (exact) mass is 478 g/mol. The quantitative estimate of drug-likeness (QED) is 0.449. The number of carboxylic acid groups (broad SMARTS) is 1. The first-order valence-corrected chi connectivity index (χ1v) is 11.2. The highest BCUT2D eigenvalue weighted by Gasteiger charge is 2.30. The molecule has 3 aromatic rings. The summed E-state index contributed by atoms with van der Waals surface area (Å²) < 4.78 is 5.80. The number of nitrogens with zero attached hydrogens (tertiary/aromatic N) is 2. The summed E-state index contributed by atoms with van der Waals surface area (Å²) in [5.41, 5.74) is 2.64. The first kappa shape index (κ1) is 22.6. The highest BCUT2D eigenvalue weighted by molar-refractivity contribution is 8.18. The van der Waals surface area contributed by atoms with Gasteiger partial charge in [0.2, 0.25) is 0 Å². The van der Waals surface area contributed by atoms with Crippen LogP contribution in [0.25, 0.3) is 6.08 Å². The van der Waals surface area contributed by atoms with Gasteiger partial charge in [0.1, 0.15) is 12.4 Å². The third kappa shape index (κ3) is 5.63. The Bertz CT molecular complexity index is 1240. The zero-order chi connectivity index (χ0) is 23.4. The lowest BCUT2D eigenvalue weighted by atomic mass is 10.2. The zero-order valence-electron chi connectivity index (χ0n) is 17.6. The molecule has 166 valence electrons. The molecule has 0 atom stereocenters. The van der Waals surface area contributed by atoms with Gasteiger partial charge in [-0.05, 0) is 77.5 Å². The number of hydrogen-bond acceptors (Lipinski definition) is 5. The van der Waals surface area contributed by atoms with Crippen LogP contribution >= 0.6 is 23.4 Å². The van der Waals surface area contributed by atoms with Gasteiger partial charge >= 0.3 is 5.97 Å². The van der Waals surface area contributed by atoms with Crippen LogP contribution in [0, 0.1) is 0 Å². The number of thioether (sulfide) groups is 1. The van der Waals surface area contributed by atoms with Crippen molar-refractivity contribution in [2.24, 2.45) is 4.99 Å². The van der Waals surface area contributed by atoms with Crippen molar-refractivity contribution in [3.05, 3.63) is 99.4 Å². The molecular weight excluding hydrogens is 460 g/mol. The number of amides is 1. The molecule has 1 N–H and O–H groups in total. The maximum atomic E-state index is 12.6. The summed E-state index contributed by atoms with van der Waals surface area (Å²) >= 11 is 7.17. The second kappa shape index (κ2) is 9.94. The third-order valence-corrected chi connectivity index (χ3v) is 6.15. The van der Waals surface area contributed by atoms with Crippen molar-refractivity contribution in [3.63, 3.8) is 0 Å². The largest absolute Gasteiger partial charge is 0.489 e. The molecule has 33 heavy (non-hydrogen) atoms. The molecule has 0 aromatic heterocycles. The highest BCUT2D eigenvalue weighted by Crippen LogP contribution is 2.33. The Morgan fingerprint density at radius 1 is 1.06 bits per heavy atom. The van der Waals surface area contributed by atoms with E-state index in [1.807, 2.05) is 54.6 Å². The smallest absolute Gasteiger partial charge is 0.335 e. The number of aliphatic imine (C=N–C) groups is 1. The van der Waals surface area contributed by atoms with Gasteiger partial charge in [-0.1, -0.05) is 35.9 Å². The van der Waals surface area contributed by atoms with E-state index in [-0.39, 0.29) is 11.5 Å². The lowest BCUT2D eigenvalue weighted by Crippen LogP contribution is -2.23. The van der Waals surface area contributed by atoms with Gasteiger partial charge < -0.3 is 9.84 Å². The SMILES string of the molecule is CN1C(=O)C(=Cc2ccc(OCc3ccc(Cl)cc3)cc2)SC1=Nc1ccc(C(=O)O)cc1. The molecule has 1 fully saturated rings. The maximum absolute atomic E-state index is 12.6. The Morgan fingerprint density at radius 3 is 2.36 bits per heavy atom. The Hall–Kier alpha value is -3.55. The number of hydrogen-bond donors (Lipinski definition) is 1. The minimum atomic E-state index is -0.997. The number of likely N-dealkylation sites (N-methyl/N-ethyl adjacent to an activating group) is 1. The van der Waals surface area contributed by atoms with Gasteiger partial charge in [-0.25, -0.2) is 9.79 Å². The second-order valence-electron chi connectivity index (χ2n) is 7.21. The number of amidine groups is 1. The number of rotatable bonds is 6. The fourth-order valence-corrected chi connectivity index (χ4v) is 4.11. The molecule has 1 saturated heterocycles. The normalized spacial score (nSPS) is 15.9. The molecular formula is C25H19ClN2O4S. The lowest BCUT2D eigenvalue weighted by Gasteiger charge is -2.07. The van der Waals surface area contributed by atoms with E-state index >= 15 is 0 Å². The van der Waals surface area contributed by atoms with Crippen LogP contribution in [0.2, 0.25) is 5.02 Å². The second-order valence-corrected chi connectivity index (χ2v) is 8.65. The Morgan fingerprint density at radius 2 is 1.73 bits per heavy atom. The molecule has 1 aliphatic heterocycles. The van der Waals surface area contributed by atoms with Crippen molar-refractivity contribution in [1.29, 1.82) is 0 Å². The molecule has 1 heterocycles. The maximum Gasteiger partial charge on any atom is 0.335 e. The van der Waals surface area contributed by atoms with Gasteiger partial charge in [-0.3, -0.25) is 9.69 Å². The standard InChI is InChI=1S/C25H19ClN2O4S/c1-28-23(29)22(33-25(28)27-20-10-6-18(7-11-20)24(30)31)14-16-4-12-21(13-5-16)32-15-17-2-8-19(26)9-3-17/h2-14H,15H2,1H3,(H,30,31). The molecule has 1 aliphatic rings. The van der Waals surface area contributed by atoms with E-state index in [9.17, 15) is 9.59 Å². The van der Waals surface area contributed by atoms with Crippen LogP contribution in [-0.4, -0.2) is 34.1 Å². The molecule has 0 radical (unpaired) electrons. The molecule has 6 nitrogen and oxygen atoms in total. The highest BCUT2D eigenvalue weighted by atomic mass is 35.5. The average Bonchev–Trinajstić information content (AvgIpc) is 3.07. The summed E-state index contributed by atoms with van der Waals surface area (Å²) in [5, 5.41) is 10.2. The molecule has 0 aliphatic carbocycles. The van der Waals surface area contributed by atoms with Crippen molar-refractivity contribution < 1.29 is 19.4 Å². The molecule has 4 rings (SSSR count). The first-order valence-electron chi connectivity index (χ1n) is 9.96. The van der Waals surface area contributed by atoms with Crippen molar-refractivity contribution in [2.75, 3.05) is 7.05 Å². The number of halogens is 1. The van der Waals surface area contributed by atoms with E-state index in [4.69, 9.17) is 21.4 Å². The Kier molecular flexibility index (Phi) is 6.82. The third-order valence-electron chi connectivity index (χ3n) is 4.84. The topological polar surface area (TPSA) is 79.2 Å². The van der Waals surface area contributed by atoms with E-state index < -0.39 is 5.97 Å². The molecule has 0 unspecified atom stereocenters. The van der Waals surface area contributed by atoms with Crippen LogP contribution in [0.15, 0.2) is 82.7 Å². The van der Waals surface area contributed by atoms with Gasteiger partial charge in [-0.2, -0.15) is 0 Å². The summed E-state index contributed by atoms with van der Waals surface area (Å²) in [4.78, 5) is 30.1. The van der Waals surface area contributed by atoms with Gasteiger partial charge in [0.25, 0.3) is 5.91 Å². The predicted octanol–water partition coefficient (Wildman–Crippen LogP) is 5.85. The fraction of sp³-hybridized carbons (Fsp3) is 0.0800. The number of aromatic carboxylic acids is 1. The number of carbonyl (C=O) groups excluding carboxylic acids is 1. The molecule has 0 bridgehead atoms. The van der Waals surface area contributed by atoms with Gasteiger partial charge in [-0.15, -0.1) is 0 Å². The van der Waals surface area contributed by atoms with E-state index in [1.165, 1.54) is 28.8 Å². The number of carboxylic acids is 1. The van der Waals surface area contributed by atoms with E-state index in [0.29, 0.717) is 27.4 Å². The summed E-state index contributed by atoms with van der Waals surface area (Å²) in [7, 11) is 1.66. The fourth-order valence-electron chi connectivity index (χ4n) is 3.00. The van der Waals surface area contributed by atoms with Crippen molar-refractivity contribution >= 4 is 52.2 Å². The van der Waals surface area contributed by atoms with Crippen LogP contribution in [0.3, 0.4) is 0 Å².